The Morgan fingerprint density at radius 3 is 2.70 bits per heavy atom. The molecule has 1 amide bonds. The number of rotatable bonds is 7. The molecule has 3 heterocycles. The van der Waals surface area contributed by atoms with Gasteiger partial charge in [0.1, 0.15) is 12.1 Å². The zero-order valence-corrected chi connectivity index (χ0v) is 17.2. The monoisotopic (exact) mass is 444 g/mol. The summed E-state index contributed by atoms with van der Waals surface area (Å²) < 4.78 is 16.3. The van der Waals surface area contributed by atoms with Gasteiger partial charge in [-0.05, 0) is 29.0 Å². The standard InChI is InChI=1S/C21H17FN10O/c22-17-8-4-5-15(11-17)12-31-13-23-21(28-31)24-20(33)18-9-10-30(26-18)14-32-27-19(25-29-32)16-6-2-1-3-7-16/h1-11,13H,12,14H2,(H,24,28,33). The molecule has 12 heteroatoms. The highest BCUT2D eigenvalue weighted by molar-refractivity contribution is 6.01. The van der Waals surface area contributed by atoms with Crippen LogP contribution in [0.25, 0.3) is 11.4 Å². The molecule has 11 nitrogen and oxygen atoms in total. The van der Waals surface area contributed by atoms with Crippen molar-refractivity contribution in [2.75, 3.05) is 5.32 Å². The van der Waals surface area contributed by atoms with Crippen molar-refractivity contribution in [3.8, 4) is 11.4 Å². The summed E-state index contributed by atoms with van der Waals surface area (Å²) >= 11 is 0. The molecule has 3 aromatic heterocycles. The summed E-state index contributed by atoms with van der Waals surface area (Å²) in [5.74, 6) is -0.167. The first-order valence-electron chi connectivity index (χ1n) is 9.94. The SMILES string of the molecule is O=C(Nc1ncn(Cc2cccc(F)c2)n1)c1ccn(Cn2nnc(-c3ccccc3)n2)n1. The molecular formula is C21H17FN10O. The number of carbonyl (C=O) groups excluding carboxylic acids is 1. The summed E-state index contributed by atoms with van der Waals surface area (Å²) in [6.45, 7) is 0.513. The average Bonchev–Trinajstić information content (AvgIpc) is 3.57. The number of nitrogens with zero attached hydrogens (tertiary/aromatic N) is 9. The van der Waals surface area contributed by atoms with Gasteiger partial charge in [-0.25, -0.2) is 18.7 Å². The molecule has 0 bridgehead atoms. The van der Waals surface area contributed by atoms with Gasteiger partial charge < -0.3 is 0 Å². The minimum absolute atomic E-state index is 0.122. The highest BCUT2D eigenvalue weighted by Gasteiger charge is 2.13. The molecule has 0 atom stereocenters. The molecule has 164 valence electrons. The maximum Gasteiger partial charge on any atom is 0.278 e. The Morgan fingerprint density at radius 2 is 1.85 bits per heavy atom. The second kappa shape index (κ2) is 8.78. The second-order valence-corrected chi connectivity index (χ2v) is 7.08. The first-order chi connectivity index (χ1) is 16.1. The van der Waals surface area contributed by atoms with Crippen LogP contribution < -0.4 is 5.32 Å². The zero-order chi connectivity index (χ0) is 22.6. The molecule has 5 aromatic rings. The van der Waals surface area contributed by atoms with Crippen LogP contribution in [0.1, 0.15) is 16.1 Å². The first-order valence-corrected chi connectivity index (χ1v) is 9.94. The normalized spacial score (nSPS) is 10.9. The summed E-state index contributed by atoms with van der Waals surface area (Å²) in [6, 6.07) is 17.2. The minimum atomic E-state index is -0.464. The van der Waals surface area contributed by atoms with Gasteiger partial charge in [0.05, 0.1) is 6.54 Å². The molecule has 5 rings (SSSR count). The number of aromatic nitrogens is 9. The third kappa shape index (κ3) is 4.79. The lowest BCUT2D eigenvalue weighted by Gasteiger charge is -2.01. The van der Waals surface area contributed by atoms with Crippen LogP contribution in [-0.2, 0) is 13.2 Å². The average molecular weight is 444 g/mol. The third-order valence-corrected chi connectivity index (χ3v) is 4.62. The third-order valence-electron chi connectivity index (χ3n) is 4.62. The Balaban J connectivity index is 1.20. The van der Waals surface area contributed by atoms with Gasteiger partial charge in [0.25, 0.3) is 5.91 Å². The van der Waals surface area contributed by atoms with Gasteiger partial charge in [0.2, 0.25) is 11.8 Å². The molecule has 0 aliphatic carbocycles. The fraction of sp³-hybridized carbons (Fsp3) is 0.0952. The molecule has 0 saturated carbocycles. The smallest absolute Gasteiger partial charge is 0.278 e. The molecule has 33 heavy (non-hydrogen) atoms. The molecule has 0 unspecified atom stereocenters. The Kier molecular flexibility index (Phi) is 5.37. The van der Waals surface area contributed by atoms with Gasteiger partial charge in [-0.2, -0.15) is 5.10 Å². The number of anilines is 1. The van der Waals surface area contributed by atoms with Crippen molar-refractivity contribution in [3.05, 3.63) is 90.3 Å². The lowest BCUT2D eigenvalue weighted by Crippen LogP contribution is -2.16. The predicted octanol–water partition coefficient (Wildman–Crippen LogP) is 2.07. The van der Waals surface area contributed by atoms with Crippen LogP contribution in [0.5, 0.6) is 0 Å². The minimum Gasteiger partial charge on any atom is -0.288 e. The number of carbonyl (C=O) groups is 1. The fourth-order valence-electron chi connectivity index (χ4n) is 3.11. The van der Waals surface area contributed by atoms with E-state index < -0.39 is 5.91 Å². The van der Waals surface area contributed by atoms with E-state index in [1.54, 1.807) is 24.4 Å². The van der Waals surface area contributed by atoms with E-state index in [0.717, 1.165) is 11.1 Å². The van der Waals surface area contributed by atoms with Crippen LogP contribution in [0.2, 0.25) is 0 Å². The Labute approximate surface area is 186 Å². The van der Waals surface area contributed by atoms with Crippen LogP contribution in [0.4, 0.5) is 10.3 Å². The van der Waals surface area contributed by atoms with Gasteiger partial charge in [-0.15, -0.1) is 20.1 Å². The van der Waals surface area contributed by atoms with E-state index in [4.69, 9.17) is 0 Å². The van der Waals surface area contributed by atoms with Crippen LogP contribution >= 0.6 is 0 Å². The summed E-state index contributed by atoms with van der Waals surface area (Å²) in [6.07, 6.45) is 3.09. The molecule has 0 fully saturated rings. The van der Waals surface area contributed by atoms with Crippen molar-refractivity contribution in [2.45, 2.75) is 13.2 Å². The van der Waals surface area contributed by atoms with Crippen LogP contribution in [-0.4, -0.2) is 50.7 Å². The number of hydrogen-bond donors (Lipinski definition) is 1. The number of nitrogens with one attached hydrogen (secondary N) is 1. The van der Waals surface area contributed by atoms with E-state index >= 15 is 0 Å². The molecule has 0 radical (unpaired) electrons. The quantitative estimate of drug-likeness (QED) is 0.408. The molecule has 0 spiro atoms. The maximum atomic E-state index is 13.3. The molecule has 1 N–H and O–H groups in total. The van der Waals surface area contributed by atoms with Crippen molar-refractivity contribution < 1.29 is 9.18 Å². The topological polar surface area (TPSA) is 121 Å². The second-order valence-electron chi connectivity index (χ2n) is 7.08. The largest absolute Gasteiger partial charge is 0.288 e. The highest BCUT2D eigenvalue weighted by atomic mass is 19.1. The maximum absolute atomic E-state index is 13.3. The molecule has 0 saturated heterocycles. The van der Waals surface area contributed by atoms with E-state index in [0.29, 0.717) is 12.4 Å². The number of hydrogen-bond acceptors (Lipinski definition) is 7. The van der Waals surface area contributed by atoms with E-state index in [1.165, 1.54) is 32.6 Å². The summed E-state index contributed by atoms with van der Waals surface area (Å²) in [5.41, 5.74) is 1.77. The van der Waals surface area contributed by atoms with Gasteiger partial charge in [0, 0.05) is 11.8 Å². The molecule has 0 aliphatic heterocycles. The lowest BCUT2D eigenvalue weighted by molar-refractivity contribution is 0.102. The summed E-state index contributed by atoms with van der Waals surface area (Å²) in [5, 5.41) is 23.4. The molecule has 2 aromatic carbocycles. The van der Waals surface area contributed by atoms with Gasteiger partial charge in [-0.1, -0.05) is 42.5 Å². The molecular weight excluding hydrogens is 427 g/mol. The van der Waals surface area contributed by atoms with E-state index in [1.807, 2.05) is 30.3 Å². The highest BCUT2D eigenvalue weighted by Crippen LogP contribution is 2.12. The first kappa shape index (κ1) is 20.2. The van der Waals surface area contributed by atoms with Crippen molar-refractivity contribution in [1.29, 1.82) is 0 Å². The number of benzene rings is 2. The van der Waals surface area contributed by atoms with Gasteiger partial charge in [0.15, 0.2) is 12.4 Å². The van der Waals surface area contributed by atoms with Crippen molar-refractivity contribution in [3.63, 3.8) is 0 Å². The van der Waals surface area contributed by atoms with E-state index in [2.05, 4.69) is 35.9 Å². The lowest BCUT2D eigenvalue weighted by atomic mass is 10.2. The predicted molar refractivity (Wildman–Crippen MR) is 114 cm³/mol. The van der Waals surface area contributed by atoms with Crippen molar-refractivity contribution in [2.24, 2.45) is 0 Å². The van der Waals surface area contributed by atoms with Gasteiger partial charge in [-0.3, -0.25) is 10.1 Å². The van der Waals surface area contributed by atoms with E-state index in [-0.39, 0.29) is 24.1 Å². The Hall–Kier alpha value is -4.74. The van der Waals surface area contributed by atoms with Crippen molar-refractivity contribution >= 4 is 11.9 Å². The number of amides is 1. The molecule has 0 aliphatic rings. The Morgan fingerprint density at radius 1 is 0.970 bits per heavy atom. The number of halogens is 1. The summed E-state index contributed by atoms with van der Waals surface area (Å²) in [4.78, 5) is 18.0. The van der Waals surface area contributed by atoms with Crippen molar-refractivity contribution in [1.82, 2.24) is 44.8 Å². The van der Waals surface area contributed by atoms with Crippen LogP contribution in [0.15, 0.2) is 73.2 Å². The zero-order valence-electron chi connectivity index (χ0n) is 17.2. The summed E-state index contributed by atoms with van der Waals surface area (Å²) in [7, 11) is 0. The van der Waals surface area contributed by atoms with Crippen LogP contribution in [0, 0.1) is 5.82 Å². The number of tetrazole rings is 1. The fourth-order valence-corrected chi connectivity index (χ4v) is 3.11. The van der Waals surface area contributed by atoms with Gasteiger partial charge >= 0.3 is 0 Å². The Bertz CT molecular complexity index is 1390. The van der Waals surface area contributed by atoms with Crippen LogP contribution in [0.3, 0.4) is 0 Å². The van der Waals surface area contributed by atoms with E-state index in [9.17, 15) is 9.18 Å².